The number of hydrogen-bond donors (Lipinski definition) is 2. The lowest BCUT2D eigenvalue weighted by Gasteiger charge is -2.33. The van der Waals surface area contributed by atoms with Gasteiger partial charge in [-0.25, -0.2) is 13.8 Å². The summed E-state index contributed by atoms with van der Waals surface area (Å²) in [6.07, 6.45) is -0.341. The fraction of sp³-hybridized carbons (Fsp3) is 0.538. The molecule has 38 heavy (non-hydrogen) atoms. The van der Waals surface area contributed by atoms with Crippen LogP contribution in [0.1, 0.15) is 38.4 Å². The number of aliphatic hydroxyl groups is 1. The SMILES string of the molecule is C[C@H](Nc1nc(N2CCOCC2)cc(-n2c(C(F)F)nc3ccccc32)n1)C(=O)N1CCC(CCO)CC1. The van der Waals surface area contributed by atoms with Gasteiger partial charge < -0.3 is 25.0 Å². The van der Waals surface area contributed by atoms with Crippen LogP contribution in [0.3, 0.4) is 0 Å². The van der Waals surface area contributed by atoms with E-state index < -0.39 is 18.3 Å². The van der Waals surface area contributed by atoms with Crippen molar-refractivity contribution in [3.05, 3.63) is 36.2 Å². The second-order valence-corrected chi connectivity index (χ2v) is 9.75. The third-order valence-electron chi connectivity index (χ3n) is 7.22. The minimum atomic E-state index is -2.81. The van der Waals surface area contributed by atoms with Crippen molar-refractivity contribution in [2.45, 2.75) is 38.7 Å². The molecule has 2 aliphatic heterocycles. The molecule has 0 bridgehead atoms. The Morgan fingerprint density at radius 2 is 1.82 bits per heavy atom. The Morgan fingerprint density at radius 1 is 1.11 bits per heavy atom. The predicted octanol–water partition coefficient (Wildman–Crippen LogP) is 3.01. The number of fused-ring (bicyclic) bond motifs is 1. The third-order valence-corrected chi connectivity index (χ3v) is 7.22. The zero-order valence-electron chi connectivity index (χ0n) is 21.4. The number of imidazole rings is 1. The Labute approximate surface area is 219 Å². The van der Waals surface area contributed by atoms with Crippen molar-refractivity contribution >= 4 is 28.7 Å². The van der Waals surface area contributed by atoms with Gasteiger partial charge in [0.15, 0.2) is 5.82 Å². The lowest BCUT2D eigenvalue weighted by atomic mass is 9.93. The van der Waals surface area contributed by atoms with Crippen molar-refractivity contribution in [2.75, 3.05) is 56.2 Å². The molecule has 1 atom stereocenters. The van der Waals surface area contributed by atoms with Crippen LogP contribution in [0.2, 0.25) is 0 Å². The molecule has 2 aliphatic rings. The Hall–Kier alpha value is -3.38. The van der Waals surface area contributed by atoms with Crippen molar-refractivity contribution in [3.63, 3.8) is 0 Å². The average Bonchev–Trinajstić information content (AvgIpc) is 3.34. The van der Waals surface area contributed by atoms with E-state index in [2.05, 4.69) is 20.3 Å². The van der Waals surface area contributed by atoms with E-state index in [4.69, 9.17) is 4.74 Å². The summed E-state index contributed by atoms with van der Waals surface area (Å²) >= 11 is 0. The molecular formula is C26H33F2N7O3. The first-order valence-corrected chi connectivity index (χ1v) is 13.1. The number of nitrogens with one attached hydrogen (secondary N) is 1. The number of alkyl halides is 2. The first-order chi connectivity index (χ1) is 18.4. The summed E-state index contributed by atoms with van der Waals surface area (Å²) in [4.78, 5) is 30.4. The van der Waals surface area contributed by atoms with Gasteiger partial charge in [0.2, 0.25) is 11.9 Å². The first kappa shape index (κ1) is 26.2. The molecule has 2 N–H and O–H groups in total. The Kier molecular flexibility index (Phi) is 7.98. The number of nitrogens with zero attached hydrogens (tertiary/aromatic N) is 6. The predicted molar refractivity (Wildman–Crippen MR) is 139 cm³/mol. The summed E-state index contributed by atoms with van der Waals surface area (Å²) < 4.78 is 35.0. The lowest BCUT2D eigenvalue weighted by molar-refractivity contribution is -0.133. The van der Waals surface area contributed by atoms with Crippen molar-refractivity contribution in [3.8, 4) is 5.82 Å². The van der Waals surface area contributed by atoms with Gasteiger partial charge in [-0.2, -0.15) is 9.97 Å². The number of para-hydroxylation sites is 2. The van der Waals surface area contributed by atoms with Crippen molar-refractivity contribution in [1.82, 2.24) is 24.4 Å². The number of piperidine rings is 1. The molecule has 0 saturated carbocycles. The average molecular weight is 530 g/mol. The number of rotatable bonds is 8. The molecule has 2 aromatic heterocycles. The van der Waals surface area contributed by atoms with Gasteiger partial charge in [0, 0.05) is 38.9 Å². The summed E-state index contributed by atoms with van der Waals surface area (Å²) in [5.41, 5.74) is 0.951. The number of carbonyl (C=O) groups is 1. The van der Waals surface area contributed by atoms with Crippen molar-refractivity contribution < 1.29 is 23.4 Å². The van der Waals surface area contributed by atoms with Crippen LogP contribution in [0.15, 0.2) is 30.3 Å². The summed E-state index contributed by atoms with van der Waals surface area (Å²) in [5.74, 6) is 0.936. The van der Waals surface area contributed by atoms with Gasteiger partial charge in [0.1, 0.15) is 17.7 Å². The molecule has 2 fully saturated rings. The smallest absolute Gasteiger partial charge is 0.296 e. The Bertz CT molecular complexity index is 1260. The van der Waals surface area contributed by atoms with Crippen LogP contribution in [-0.4, -0.2) is 87.5 Å². The molecule has 204 valence electrons. The summed E-state index contributed by atoms with van der Waals surface area (Å²) in [6.45, 7) is 5.43. The number of aliphatic hydroxyl groups excluding tert-OH is 1. The minimum Gasteiger partial charge on any atom is -0.396 e. The lowest BCUT2D eigenvalue weighted by Crippen LogP contribution is -2.45. The maximum atomic E-state index is 14.1. The minimum absolute atomic E-state index is 0.0734. The maximum Gasteiger partial charge on any atom is 0.296 e. The number of benzene rings is 1. The van der Waals surface area contributed by atoms with Crippen LogP contribution >= 0.6 is 0 Å². The van der Waals surface area contributed by atoms with E-state index in [-0.39, 0.29) is 24.3 Å². The van der Waals surface area contributed by atoms with E-state index in [1.165, 1.54) is 4.57 Å². The number of halogens is 2. The van der Waals surface area contributed by atoms with Gasteiger partial charge in [-0.05, 0) is 44.2 Å². The van der Waals surface area contributed by atoms with Crippen molar-refractivity contribution in [2.24, 2.45) is 5.92 Å². The van der Waals surface area contributed by atoms with E-state index in [0.717, 1.165) is 19.3 Å². The van der Waals surface area contributed by atoms with Gasteiger partial charge in [-0.15, -0.1) is 0 Å². The number of morpholine rings is 1. The number of hydrogen-bond acceptors (Lipinski definition) is 8. The molecular weight excluding hydrogens is 496 g/mol. The number of aromatic nitrogens is 4. The quantitative estimate of drug-likeness (QED) is 0.459. The standard InChI is InChI=1S/C26H33F2N7O3/c1-17(25(37)34-9-6-18(7-10-34)8-13-36)29-26-31-21(33-11-14-38-15-12-33)16-22(32-26)35-20-5-3-2-4-19(20)30-24(35)23(27)28/h2-5,16-18,23,36H,6-15H2,1H3,(H,29,31,32)/t17-/m0/s1. The monoisotopic (exact) mass is 529 g/mol. The summed E-state index contributed by atoms with van der Waals surface area (Å²) in [6, 6.07) is 7.99. The summed E-state index contributed by atoms with van der Waals surface area (Å²) in [5, 5.41) is 12.3. The van der Waals surface area contributed by atoms with E-state index in [1.807, 2.05) is 9.80 Å². The molecule has 4 heterocycles. The molecule has 1 aromatic carbocycles. The molecule has 3 aromatic rings. The molecule has 0 aliphatic carbocycles. The maximum absolute atomic E-state index is 14.1. The van der Waals surface area contributed by atoms with Crippen LogP contribution in [-0.2, 0) is 9.53 Å². The highest BCUT2D eigenvalue weighted by molar-refractivity contribution is 5.84. The van der Waals surface area contributed by atoms with E-state index in [9.17, 15) is 18.7 Å². The van der Waals surface area contributed by atoms with Crippen LogP contribution < -0.4 is 10.2 Å². The van der Waals surface area contributed by atoms with Gasteiger partial charge in [0.25, 0.3) is 6.43 Å². The van der Waals surface area contributed by atoms with E-state index in [0.29, 0.717) is 62.2 Å². The Morgan fingerprint density at radius 3 is 2.53 bits per heavy atom. The Balaban J connectivity index is 1.46. The molecule has 10 nitrogen and oxygen atoms in total. The molecule has 12 heteroatoms. The molecule has 0 spiro atoms. The zero-order chi connectivity index (χ0) is 26.6. The van der Waals surface area contributed by atoms with Gasteiger partial charge in [0.05, 0.1) is 24.2 Å². The number of anilines is 2. The topological polar surface area (TPSA) is 109 Å². The van der Waals surface area contributed by atoms with Crippen LogP contribution in [0.5, 0.6) is 0 Å². The molecule has 0 radical (unpaired) electrons. The van der Waals surface area contributed by atoms with Crippen LogP contribution in [0.4, 0.5) is 20.5 Å². The number of carbonyl (C=O) groups excluding carboxylic acids is 1. The van der Waals surface area contributed by atoms with Gasteiger partial charge in [-0.3, -0.25) is 9.36 Å². The highest BCUT2D eigenvalue weighted by atomic mass is 19.3. The second-order valence-electron chi connectivity index (χ2n) is 9.75. The fourth-order valence-electron chi connectivity index (χ4n) is 5.14. The molecule has 2 saturated heterocycles. The normalized spacial score (nSPS) is 17.8. The van der Waals surface area contributed by atoms with Crippen LogP contribution in [0, 0.1) is 5.92 Å². The van der Waals surface area contributed by atoms with Crippen LogP contribution in [0.25, 0.3) is 16.9 Å². The number of amides is 1. The molecule has 5 rings (SSSR count). The largest absolute Gasteiger partial charge is 0.396 e. The third kappa shape index (κ3) is 5.56. The highest BCUT2D eigenvalue weighted by Gasteiger charge is 2.28. The summed E-state index contributed by atoms with van der Waals surface area (Å²) in [7, 11) is 0. The highest BCUT2D eigenvalue weighted by Crippen LogP contribution is 2.29. The van der Waals surface area contributed by atoms with Gasteiger partial charge >= 0.3 is 0 Å². The zero-order valence-corrected chi connectivity index (χ0v) is 21.4. The number of ether oxygens (including phenoxy) is 1. The fourth-order valence-corrected chi connectivity index (χ4v) is 5.14. The molecule has 0 unspecified atom stereocenters. The van der Waals surface area contributed by atoms with Crippen molar-refractivity contribution in [1.29, 1.82) is 0 Å². The first-order valence-electron chi connectivity index (χ1n) is 13.1. The molecule has 1 amide bonds. The van der Waals surface area contributed by atoms with Gasteiger partial charge in [-0.1, -0.05) is 12.1 Å². The number of likely N-dealkylation sites (tertiary alicyclic amines) is 1. The van der Waals surface area contributed by atoms with E-state index in [1.54, 1.807) is 37.3 Å². The van der Waals surface area contributed by atoms with E-state index >= 15 is 0 Å². The second kappa shape index (κ2) is 11.6.